The van der Waals surface area contributed by atoms with Gasteiger partial charge in [0.25, 0.3) is 5.91 Å². The Morgan fingerprint density at radius 1 is 1.18 bits per heavy atom. The van der Waals surface area contributed by atoms with E-state index in [4.69, 9.17) is 4.74 Å². The summed E-state index contributed by atoms with van der Waals surface area (Å²) >= 11 is 0. The molecule has 39 heavy (non-hydrogen) atoms. The van der Waals surface area contributed by atoms with Crippen molar-refractivity contribution in [1.82, 2.24) is 15.1 Å². The summed E-state index contributed by atoms with van der Waals surface area (Å²) in [7, 11) is 1.84. The number of hydrogen-bond acceptors (Lipinski definition) is 5. The van der Waals surface area contributed by atoms with Crippen molar-refractivity contribution < 1.29 is 32.6 Å². The smallest absolute Gasteiger partial charge is 0.416 e. The van der Waals surface area contributed by atoms with Gasteiger partial charge in [-0.05, 0) is 57.6 Å². The van der Waals surface area contributed by atoms with Gasteiger partial charge in [0.2, 0.25) is 0 Å². The van der Waals surface area contributed by atoms with E-state index in [0.717, 1.165) is 12.1 Å². The molecule has 3 amide bonds. The lowest BCUT2D eigenvalue weighted by atomic mass is 9.98. The van der Waals surface area contributed by atoms with Gasteiger partial charge in [-0.25, -0.2) is 4.79 Å². The van der Waals surface area contributed by atoms with E-state index in [0.29, 0.717) is 30.9 Å². The fourth-order valence-electron chi connectivity index (χ4n) is 4.46. The van der Waals surface area contributed by atoms with Crippen molar-refractivity contribution in [2.75, 3.05) is 32.1 Å². The number of carbonyl (C=O) groups is 2. The molecule has 0 saturated heterocycles. The maximum absolute atomic E-state index is 13.5. The Morgan fingerprint density at radius 3 is 2.44 bits per heavy atom. The average molecular weight is 551 g/mol. The van der Waals surface area contributed by atoms with Crippen LogP contribution in [0.15, 0.2) is 42.5 Å². The number of fused-ring (bicyclic) bond motifs is 1. The Morgan fingerprint density at radius 2 is 1.85 bits per heavy atom. The first-order valence-corrected chi connectivity index (χ1v) is 12.9. The molecule has 1 heterocycles. The zero-order chi connectivity index (χ0) is 28.9. The van der Waals surface area contributed by atoms with E-state index in [2.05, 4.69) is 10.6 Å². The van der Waals surface area contributed by atoms with E-state index >= 15 is 0 Å². The molecule has 0 radical (unpaired) electrons. The fourth-order valence-corrected chi connectivity index (χ4v) is 4.46. The number of para-hydroxylation sites is 1. The predicted molar refractivity (Wildman–Crippen MR) is 143 cm³/mol. The van der Waals surface area contributed by atoms with Gasteiger partial charge >= 0.3 is 12.2 Å². The first kappa shape index (κ1) is 30.2. The third kappa shape index (κ3) is 7.86. The Labute approximate surface area is 227 Å². The summed E-state index contributed by atoms with van der Waals surface area (Å²) < 4.78 is 45.3. The molecule has 0 unspecified atom stereocenters. The van der Waals surface area contributed by atoms with Crippen LogP contribution in [0.3, 0.4) is 0 Å². The minimum absolute atomic E-state index is 0.106. The number of likely N-dealkylation sites (N-methyl/N-ethyl adjacent to an activating group) is 1. The largest absolute Gasteiger partial charge is 0.486 e. The van der Waals surface area contributed by atoms with Crippen molar-refractivity contribution in [3.8, 4) is 5.75 Å². The average Bonchev–Trinajstić information content (AvgIpc) is 2.85. The Balaban J connectivity index is 1.90. The van der Waals surface area contributed by atoms with Crippen LogP contribution in [0.4, 0.5) is 23.7 Å². The Hall–Kier alpha value is -3.31. The van der Waals surface area contributed by atoms with Crippen molar-refractivity contribution in [2.24, 2.45) is 5.92 Å². The number of benzene rings is 2. The van der Waals surface area contributed by atoms with E-state index in [1.54, 1.807) is 30.0 Å². The second-order valence-corrected chi connectivity index (χ2v) is 10.4. The number of anilines is 1. The van der Waals surface area contributed by atoms with Gasteiger partial charge in [-0.3, -0.25) is 9.69 Å². The van der Waals surface area contributed by atoms with Crippen molar-refractivity contribution in [3.63, 3.8) is 0 Å². The van der Waals surface area contributed by atoms with Gasteiger partial charge in [-0.1, -0.05) is 25.1 Å². The number of urea groups is 1. The molecule has 3 atom stereocenters. The number of carbonyl (C=O) groups excluding carboxylic acids is 2. The highest BCUT2D eigenvalue weighted by molar-refractivity contribution is 6.01. The van der Waals surface area contributed by atoms with E-state index in [9.17, 15) is 27.9 Å². The number of halogens is 3. The number of aliphatic hydroxyl groups is 1. The zero-order valence-corrected chi connectivity index (χ0v) is 22.9. The van der Waals surface area contributed by atoms with Crippen LogP contribution in [0, 0.1) is 5.92 Å². The van der Waals surface area contributed by atoms with Crippen LogP contribution in [-0.2, 0) is 12.7 Å². The summed E-state index contributed by atoms with van der Waals surface area (Å²) in [5.41, 5.74) is 0.606. The molecule has 3 N–H and O–H groups in total. The predicted octanol–water partition coefficient (Wildman–Crippen LogP) is 4.59. The number of rotatable bonds is 8. The first-order valence-electron chi connectivity index (χ1n) is 12.9. The highest BCUT2D eigenvalue weighted by atomic mass is 19.4. The lowest BCUT2D eigenvalue weighted by molar-refractivity contribution is -0.137. The quantitative estimate of drug-likeness (QED) is 0.447. The number of aliphatic hydroxyl groups excluding tert-OH is 1. The normalized spacial score (nSPS) is 18.7. The SMILES string of the molecule is CC(C)NC(=O)Nc1cccc2c1O[C@@H](CN(C)Cc1ccc(C(F)(F)F)cc1)[C@@H](C)CN([C@H](C)CO)C2=O. The Bertz CT molecular complexity index is 1140. The topological polar surface area (TPSA) is 94.1 Å². The maximum Gasteiger partial charge on any atom is 0.416 e. The standard InChI is InChI=1S/C28H37F3N4O4/c1-17(2)32-27(38)33-23-8-6-7-22-25(23)39-24(18(3)13-35(26(22)37)19(4)16-36)15-34(5)14-20-9-11-21(12-10-20)28(29,30)31/h6-12,17-19,24,36H,13-16H2,1-5H3,(H2,32,33,38)/t18-,19+,24-/m0/s1. The molecule has 2 aromatic rings. The second kappa shape index (κ2) is 12.7. The minimum atomic E-state index is -4.40. The van der Waals surface area contributed by atoms with Crippen LogP contribution >= 0.6 is 0 Å². The third-order valence-corrected chi connectivity index (χ3v) is 6.58. The van der Waals surface area contributed by atoms with Crippen LogP contribution in [-0.4, -0.2) is 71.8 Å². The summed E-state index contributed by atoms with van der Waals surface area (Å²) in [6.45, 7) is 8.23. The van der Waals surface area contributed by atoms with Gasteiger partial charge in [0, 0.05) is 31.6 Å². The van der Waals surface area contributed by atoms with Crippen molar-refractivity contribution in [3.05, 3.63) is 59.2 Å². The molecule has 0 fully saturated rings. The zero-order valence-electron chi connectivity index (χ0n) is 22.9. The maximum atomic E-state index is 13.5. The summed E-state index contributed by atoms with van der Waals surface area (Å²) in [6.07, 6.45) is -4.84. The Kier molecular flexibility index (Phi) is 9.84. The fraction of sp³-hybridized carbons (Fsp3) is 0.500. The summed E-state index contributed by atoms with van der Waals surface area (Å²) in [4.78, 5) is 29.6. The van der Waals surface area contributed by atoms with E-state index in [-0.39, 0.29) is 35.8 Å². The molecular formula is C28H37F3N4O4. The number of amides is 3. The van der Waals surface area contributed by atoms with Gasteiger partial charge in [0.15, 0.2) is 5.75 Å². The molecule has 214 valence electrons. The van der Waals surface area contributed by atoms with Crippen molar-refractivity contribution in [1.29, 1.82) is 0 Å². The number of hydrogen-bond donors (Lipinski definition) is 3. The van der Waals surface area contributed by atoms with Gasteiger partial charge in [-0.15, -0.1) is 0 Å². The molecule has 0 saturated carbocycles. The van der Waals surface area contributed by atoms with E-state index in [1.807, 2.05) is 32.7 Å². The number of ether oxygens (including phenoxy) is 1. The summed E-state index contributed by atoms with van der Waals surface area (Å²) in [6, 6.07) is 8.97. The molecule has 0 aromatic heterocycles. The molecular weight excluding hydrogens is 513 g/mol. The summed E-state index contributed by atoms with van der Waals surface area (Å²) in [5, 5.41) is 15.4. The molecule has 1 aliphatic heterocycles. The number of nitrogens with one attached hydrogen (secondary N) is 2. The molecule has 0 spiro atoms. The number of nitrogens with zero attached hydrogens (tertiary/aromatic N) is 2. The molecule has 0 aliphatic carbocycles. The molecule has 2 aromatic carbocycles. The van der Waals surface area contributed by atoms with Crippen LogP contribution in [0.5, 0.6) is 5.75 Å². The lowest BCUT2D eigenvalue weighted by Crippen LogP contribution is -2.49. The van der Waals surface area contributed by atoms with E-state index in [1.165, 1.54) is 12.1 Å². The van der Waals surface area contributed by atoms with Crippen LogP contribution < -0.4 is 15.4 Å². The second-order valence-electron chi connectivity index (χ2n) is 10.4. The number of alkyl halides is 3. The van der Waals surface area contributed by atoms with Crippen LogP contribution in [0.2, 0.25) is 0 Å². The monoisotopic (exact) mass is 550 g/mol. The lowest BCUT2D eigenvalue weighted by Gasteiger charge is -2.38. The molecule has 3 rings (SSSR count). The van der Waals surface area contributed by atoms with Crippen LogP contribution in [0.25, 0.3) is 0 Å². The molecule has 1 aliphatic rings. The first-order chi connectivity index (χ1) is 18.3. The third-order valence-electron chi connectivity index (χ3n) is 6.58. The van der Waals surface area contributed by atoms with Gasteiger partial charge in [-0.2, -0.15) is 13.2 Å². The highest BCUT2D eigenvalue weighted by Crippen LogP contribution is 2.35. The molecule has 11 heteroatoms. The van der Waals surface area contributed by atoms with Gasteiger partial charge in [0.1, 0.15) is 6.10 Å². The molecule has 0 bridgehead atoms. The summed E-state index contributed by atoms with van der Waals surface area (Å²) in [5.74, 6) is -0.261. The van der Waals surface area contributed by atoms with Crippen molar-refractivity contribution >= 4 is 17.6 Å². The highest BCUT2D eigenvalue weighted by Gasteiger charge is 2.35. The van der Waals surface area contributed by atoms with Gasteiger partial charge in [0.05, 0.1) is 29.5 Å². The van der Waals surface area contributed by atoms with Crippen LogP contribution in [0.1, 0.15) is 49.2 Å². The van der Waals surface area contributed by atoms with E-state index < -0.39 is 29.9 Å². The van der Waals surface area contributed by atoms with Gasteiger partial charge < -0.3 is 25.4 Å². The minimum Gasteiger partial charge on any atom is -0.486 e. The van der Waals surface area contributed by atoms with Crippen molar-refractivity contribution in [2.45, 2.75) is 58.6 Å². The molecule has 8 nitrogen and oxygen atoms in total.